The monoisotopic (exact) mass is 722 g/mol. The number of amides is 2. The maximum atomic E-state index is 13.0. The summed E-state index contributed by atoms with van der Waals surface area (Å²) < 4.78 is 0. The molecule has 0 fully saturated rings. The highest BCUT2D eigenvalue weighted by molar-refractivity contribution is 6.63. The molecule has 4 aromatic carbocycles. The predicted molar refractivity (Wildman–Crippen MR) is 201 cm³/mol. The molecule has 6 rings (SSSR count). The van der Waals surface area contributed by atoms with Gasteiger partial charge in [0.2, 0.25) is 17.1 Å². The normalized spacial score (nSPS) is 12.1. The summed E-state index contributed by atoms with van der Waals surface area (Å²) in [6, 6.07) is 18.9. The molecule has 268 valence electrons. The van der Waals surface area contributed by atoms with Crippen LogP contribution in [0.25, 0.3) is 0 Å². The third-order valence-electron chi connectivity index (χ3n) is 8.05. The van der Waals surface area contributed by atoms with E-state index in [0.29, 0.717) is 88.2 Å². The Kier molecular flexibility index (Phi) is 12.9. The summed E-state index contributed by atoms with van der Waals surface area (Å²) in [6.45, 7) is 5.73. The lowest BCUT2D eigenvalue weighted by atomic mass is 9.83. The number of hydrogen-bond acceptors (Lipinski definition) is 9. The zero-order chi connectivity index (χ0) is 38.1. The van der Waals surface area contributed by atoms with Crippen molar-refractivity contribution in [2.24, 2.45) is 0 Å². The average molecular weight is 723 g/mol. The van der Waals surface area contributed by atoms with E-state index in [-0.39, 0.29) is 51.3 Å². The van der Waals surface area contributed by atoms with Crippen molar-refractivity contribution in [3.05, 3.63) is 117 Å². The molecule has 0 aliphatic heterocycles. The van der Waals surface area contributed by atoms with E-state index >= 15 is 0 Å². The van der Waals surface area contributed by atoms with Gasteiger partial charge in [0.25, 0.3) is 0 Å². The van der Waals surface area contributed by atoms with E-state index in [1.165, 1.54) is 24.3 Å². The molecular formula is C40H39ClN4O7. The lowest BCUT2D eigenvalue weighted by Gasteiger charge is -2.19. The minimum absolute atomic E-state index is 0.140. The summed E-state index contributed by atoms with van der Waals surface area (Å²) in [5, 5.41) is 5.25. The first-order valence-electron chi connectivity index (χ1n) is 16.8. The van der Waals surface area contributed by atoms with Gasteiger partial charge in [0, 0.05) is 86.5 Å². The van der Waals surface area contributed by atoms with Crippen molar-refractivity contribution in [2.75, 3.05) is 22.1 Å². The van der Waals surface area contributed by atoms with Gasteiger partial charge in [-0.1, -0.05) is 20.8 Å². The number of carbonyl (C=O) groups excluding carboxylic acids is 7. The van der Waals surface area contributed by atoms with E-state index in [1.54, 1.807) is 48.5 Å². The Bertz CT molecular complexity index is 1970. The lowest BCUT2D eigenvalue weighted by Crippen LogP contribution is -2.22. The van der Waals surface area contributed by atoms with Crippen molar-refractivity contribution in [3.63, 3.8) is 0 Å². The van der Waals surface area contributed by atoms with Crippen LogP contribution >= 0.6 is 11.6 Å². The Morgan fingerprint density at radius 2 is 0.788 bits per heavy atom. The zero-order valence-electron chi connectivity index (χ0n) is 29.1. The molecular weight excluding hydrogens is 684 g/mol. The number of carbonyl (C=O) groups is 7. The van der Waals surface area contributed by atoms with Gasteiger partial charge in [0.15, 0.2) is 23.1 Å². The van der Waals surface area contributed by atoms with E-state index in [9.17, 15) is 33.6 Å². The predicted octanol–water partition coefficient (Wildman–Crippen LogP) is 7.12. The highest BCUT2D eigenvalue weighted by Gasteiger charge is 2.31. The Labute approximate surface area is 306 Å². The molecule has 2 aliphatic carbocycles. The largest absolute Gasteiger partial charge is 0.399 e. The van der Waals surface area contributed by atoms with E-state index in [2.05, 4.69) is 10.6 Å². The van der Waals surface area contributed by atoms with Crippen molar-refractivity contribution in [2.45, 2.75) is 59.3 Å². The van der Waals surface area contributed by atoms with Crippen LogP contribution in [-0.2, 0) is 14.4 Å². The zero-order valence-corrected chi connectivity index (χ0v) is 29.8. The first kappa shape index (κ1) is 38.9. The maximum absolute atomic E-state index is 13.0. The highest BCUT2D eigenvalue weighted by atomic mass is 35.5. The van der Waals surface area contributed by atoms with Crippen molar-refractivity contribution in [1.82, 2.24) is 0 Å². The number of hydrogen-bond donors (Lipinski definition) is 4. The van der Waals surface area contributed by atoms with Gasteiger partial charge in [-0.25, -0.2) is 0 Å². The second-order valence-corrected chi connectivity index (χ2v) is 12.6. The molecule has 0 radical (unpaired) electrons. The van der Waals surface area contributed by atoms with E-state index < -0.39 is 0 Å². The molecule has 0 atom stereocenters. The Morgan fingerprint density at radius 1 is 0.481 bits per heavy atom. The second kappa shape index (κ2) is 17.3. The van der Waals surface area contributed by atoms with Gasteiger partial charge in [0.1, 0.15) is 0 Å². The van der Waals surface area contributed by atoms with Gasteiger partial charge < -0.3 is 22.1 Å². The third kappa shape index (κ3) is 9.04. The molecule has 52 heavy (non-hydrogen) atoms. The van der Waals surface area contributed by atoms with Crippen LogP contribution in [0.1, 0.15) is 123 Å². The number of anilines is 4. The van der Waals surface area contributed by atoms with Crippen molar-refractivity contribution in [3.8, 4) is 0 Å². The van der Waals surface area contributed by atoms with Crippen molar-refractivity contribution >= 4 is 74.5 Å². The standard InChI is InChI=1S/C22H22N2O4.C14H10N2O2.C4H7ClO/c1-3-5-19(25)23-13-7-9-15-17(11-13)22(28)18-12-14(24-20(26)6-4-2)8-10-16(18)21(15)27;15-7-1-3-9-11(5-7)14(18)12-6-8(16)2-4-10(12)13(9)17;1-2-3-4(5)6/h7-12H,3-6H2,1-2H3,(H,23,25)(H,24,26);1-6H,15-16H2;2-3H2,1H3. The first-order chi connectivity index (χ1) is 24.8. The summed E-state index contributed by atoms with van der Waals surface area (Å²) in [6.07, 6.45) is 3.55. The van der Waals surface area contributed by atoms with Crippen LogP contribution in [0.3, 0.4) is 0 Å². The van der Waals surface area contributed by atoms with Gasteiger partial charge in [0.05, 0.1) is 0 Å². The molecule has 0 aromatic heterocycles. The van der Waals surface area contributed by atoms with Crippen molar-refractivity contribution < 1.29 is 33.6 Å². The van der Waals surface area contributed by atoms with Crippen LogP contribution in [0.4, 0.5) is 22.7 Å². The van der Waals surface area contributed by atoms with E-state index in [1.807, 2.05) is 20.8 Å². The molecule has 0 bridgehead atoms. The van der Waals surface area contributed by atoms with Gasteiger partial charge in [-0.05, 0) is 104 Å². The number of benzene rings is 4. The molecule has 6 N–H and O–H groups in total. The number of nitrogen functional groups attached to an aromatic ring is 2. The second-order valence-electron chi connectivity index (χ2n) is 12.1. The fourth-order valence-electron chi connectivity index (χ4n) is 5.59. The van der Waals surface area contributed by atoms with E-state index in [0.717, 1.165) is 6.42 Å². The molecule has 0 saturated carbocycles. The van der Waals surface area contributed by atoms with Crippen LogP contribution in [0.15, 0.2) is 72.8 Å². The van der Waals surface area contributed by atoms with Crippen LogP contribution in [-0.4, -0.2) is 40.2 Å². The summed E-state index contributed by atoms with van der Waals surface area (Å²) in [5.74, 6) is -1.21. The molecule has 4 aromatic rings. The average Bonchev–Trinajstić information content (AvgIpc) is 3.10. The van der Waals surface area contributed by atoms with Crippen molar-refractivity contribution in [1.29, 1.82) is 0 Å². The fourth-order valence-corrected chi connectivity index (χ4v) is 5.78. The minimum Gasteiger partial charge on any atom is -0.399 e. The highest BCUT2D eigenvalue weighted by Crippen LogP contribution is 2.32. The van der Waals surface area contributed by atoms with E-state index in [4.69, 9.17) is 23.1 Å². The minimum atomic E-state index is -0.303. The Balaban J connectivity index is 0.000000214. The number of ketones is 4. The topological polar surface area (TPSA) is 196 Å². The van der Waals surface area contributed by atoms with Crippen LogP contribution in [0, 0.1) is 0 Å². The van der Waals surface area contributed by atoms with Gasteiger partial charge in [-0.3, -0.25) is 33.6 Å². The number of rotatable bonds is 8. The van der Waals surface area contributed by atoms with Crippen LogP contribution in [0.5, 0.6) is 0 Å². The number of nitrogens with one attached hydrogen (secondary N) is 2. The summed E-state index contributed by atoms with van der Waals surface area (Å²) >= 11 is 4.94. The molecule has 2 aliphatic rings. The third-order valence-corrected chi connectivity index (χ3v) is 8.24. The molecule has 2 amide bonds. The quantitative estimate of drug-likeness (QED) is 0.0934. The van der Waals surface area contributed by atoms with Crippen LogP contribution in [0.2, 0.25) is 0 Å². The number of fused-ring (bicyclic) bond motifs is 4. The summed E-state index contributed by atoms with van der Waals surface area (Å²) in [4.78, 5) is 83.8. The van der Waals surface area contributed by atoms with Gasteiger partial charge in [-0.15, -0.1) is 0 Å². The lowest BCUT2D eigenvalue weighted by molar-refractivity contribution is -0.117. The van der Waals surface area contributed by atoms with Gasteiger partial charge in [-0.2, -0.15) is 0 Å². The fraction of sp³-hybridized carbons (Fsp3) is 0.225. The number of nitrogens with two attached hydrogens (primary N) is 2. The Morgan fingerprint density at radius 3 is 1.10 bits per heavy atom. The molecule has 0 spiro atoms. The molecule has 11 nitrogen and oxygen atoms in total. The summed E-state index contributed by atoms with van der Waals surface area (Å²) in [7, 11) is 0. The molecule has 0 saturated heterocycles. The van der Waals surface area contributed by atoms with Crippen LogP contribution < -0.4 is 22.1 Å². The molecule has 0 heterocycles. The number of halogens is 1. The molecule has 0 unspecified atom stereocenters. The summed E-state index contributed by atoms with van der Waals surface area (Å²) in [5.41, 5.74) is 15.8. The maximum Gasteiger partial charge on any atom is 0.224 e. The SMILES string of the molecule is CCCC(=O)Cl.CCCC(=O)Nc1ccc2c(c1)C(=O)c1cc(NC(=O)CCC)ccc1C2=O.Nc1ccc2c(c1)C(=O)c1cc(N)ccc1C2=O. The first-order valence-corrected chi connectivity index (χ1v) is 17.2. The Hall–Kier alpha value is -5.94. The molecule has 12 heteroatoms. The van der Waals surface area contributed by atoms with Gasteiger partial charge >= 0.3 is 0 Å². The smallest absolute Gasteiger partial charge is 0.224 e.